The molecule has 0 spiro atoms. The van der Waals surface area contributed by atoms with E-state index in [0.717, 1.165) is 88.2 Å². The number of hydrogen-bond donors (Lipinski definition) is 0. The Morgan fingerprint density at radius 2 is 0.886 bits per heavy atom. The molecule has 0 amide bonds. The van der Waals surface area contributed by atoms with Crippen molar-refractivity contribution in [3.8, 4) is 0 Å². The quantitative estimate of drug-likeness (QED) is 0.177. The Labute approximate surface area is 250 Å². The standard InChI is InChI=1S/C36H32F6N2/c1-3-43-30-12-8-22(18-26(30)28-20-24(35(37,38)39)10-14-32(28)43)34(16-6-5-7-17-34)23-9-13-31-27(19-23)29-21-25(36(40,41)42)11-15-33(29)44(31)4-2/h8-15,18-21H,3-7,16-17H2,1-2H3. The fourth-order valence-electron chi connectivity index (χ4n) is 7.74. The van der Waals surface area contributed by atoms with E-state index in [1.54, 1.807) is 12.1 Å². The molecule has 1 saturated carbocycles. The van der Waals surface area contributed by atoms with Crippen molar-refractivity contribution in [3.05, 3.63) is 95.1 Å². The third-order valence-electron chi connectivity index (χ3n) is 9.83. The number of halogens is 6. The van der Waals surface area contributed by atoms with E-state index in [4.69, 9.17) is 0 Å². The smallest absolute Gasteiger partial charge is 0.341 e. The summed E-state index contributed by atoms with van der Waals surface area (Å²) in [6, 6.07) is 20.3. The van der Waals surface area contributed by atoms with Gasteiger partial charge in [-0.3, -0.25) is 0 Å². The lowest BCUT2D eigenvalue weighted by Crippen LogP contribution is -2.30. The molecule has 4 aromatic carbocycles. The first-order chi connectivity index (χ1) is 21.0. The first-order valence-corrected chi connectivity index (χ1v) is 15.2. The van der Waals surface area contributed by atoms with Gasteiger partial charge in [-0.2, -0.15) is 26.3 Å². The lowest BCUT2D eigenvalue weighted by atomic mass is 9.65. The molecule has 1 aliphatic rings. The number of aromatic nitrogens is 2. The highest BCUT2D eigenvalue weighted by atomic mass is 19.4. The van der Waals surface area contributed by atoms with Gasteiger partial charge in [-0.15, -0.1) is 0 Å². The van der Waals surface area contributed by atoms with Crippen molar-refractivity contribution in [3.63, 3.8) is 0 Å². The van der Waals surface area contributed by atoms with Crippen LogP contribution in [0, 0.1) is 0 Å². The summed E-state index contributed by atoms with van der Waals surface area (Å²) < 4.78 is 86.6. The van der Waals surface area contributed by atoms with Crippen molar-refractivity contribution < 1.29 is 26.3 Å². The maximum atomic E-state index is 13.7. The zero-order valence-corrected chi connectivity index (χ0v) is 24.5. The van der Waals surface area contributed by atoms with Gasteiger partial charge in [-0.05, 0) is 98.5 Å². The van der Waals surface area contributed by atoms with Gasteiger partial charge in [0.15, 0.2) is 0 Å². The van der Waals surface area contributed by atoms with Gasteiger partial charge < -0.3 is 9.13 Å². The Morgan fingerprint density at radius 1 is 0.523 bits per heavy atom. The van der Waals surface area contributed by atoms with Gasteiger partial charge in [0.05, 0.1) is 11.1 Å². The number of nitrogens with zero attached hydrogens (tertiary/aromatic N) is 2. The average molecular weight is 607 g/mol. The molecule has 7 rings (SSSR count). The summed E-state index contributed by atoms with van der Waals surface area (Å²) in [5, 5.41) is 2.72. The van der Waals surface area contributed by atoms with Crippen LogP contribution in [0.1, 0.15) is 68.2 Å². The van der Waals surface area contributed by atoms with Crippen molar-refractivity contribution in [1.82, 2.24) is 9.13 Å². The SMILES string of the molecule is CCn1c2ccc(C(F)(F)F)cc2c2cc(C3(c4ccc5c(c4)c4cc(C(F)(F)F)ccc4n5CC)CCCCC3)ccc21. The first kappa shape index (κ1) is 28.8. The molecule has 228 valence electrons. The zero-order chi connectivity index (χ0) is 31.0. The van der Waals surface area contributed by atoms with E-state index < -0.39 is 28.9 Å². The van der Waals surface area contributed by atoms with E-state index in [1.165, 1.54) is 12.1 Å². The summed E-state index contributed by atoms with van der Waals surface area (Å²) in [5.74, 6) is 0. The van der Waals surface area contributed by atoms with Gasteiger partial charge in [0.1, 0.15) is 0 Å². The van der Waals surface area contributed by atoms with Gasteiger partial charge in [-0.1, -0.05) is 31.4 Å². The Hall–Kier alpha value is -3.94. The summed E-state index contributed by atoms with van der Waals surface area (Å²) in [6.45, 7) is 5.21. The van der Waals surface area contributed by atoms with Crippen LogP contribution in [0.4, 0.5) is 26.3 Å². The van der Waals surface area contributed by atoms with Crippen LogP contribution in [-0.2, 0) is 30.9 Å². The van der Waals surface area contributed by atoms with E-state index in [1.807, 2.05) is 35.1 Å². The van der Waals surface area contributed by atoms with E-state index >= 15 is 0 Å². The third kappa shape index (κ3) is 4.32. The number of hydrogen-bond acceptors (Lipinski definition) is 0. The maximum absolute atomic E-state index is 13.7. The van der Waals surface area contributed by atoms with Crippen molar-refractivity contribution in [2.45, 2.75) is 76.8 Å². The van der Waals surface area contributed by atoms with E-state index in [-0.39, 0.29) is 0 Å². The lowest BCUT2D eigenvalue weighted by molar-refractivity contribution is -0.138. The normalized spacial score (nSPS) is 16.1. The molecular formula is C36H32F6N2. The van der Waals surface area contributed by atoms with Crippen molar-refractivity contribution in [1.29, 1.82) is 0 Å². The Balaban J connectivity index is 1.47. The highest BCUT2D eigenvalue weighted by Crippen LogP contribution is 2.48. The molecule has 0 atom stereocenters. The van der Waals surface area contributed by atoms with Crippen LogP contribution in [0.2, 0.25) is 0 Å². The van der Waals surface area contributed by atoms with Crippen molar-refractivity contribution >= 4 is 43.6 Å². The predicted molar refractivity (Wildman–Crippen MR) is 164 cm³/mol. The molecule has 2 heterocycles. The number of rotatable bonds is 4. The average Bonchev–Trinajstić information content (AvgIpc) is 3.50. The van der Waals surface area contributed by atoms with Crippen LogP contribution in [0.5, 0.6) is 0 Å². The molecule has 0 bridgehead atoms. The van der Waals surface area contributed by atoms with Crippen LogP contribution in [0.15, 0.2) is 72.8 Å². The van der Waals surface area contributed by atoms with Crippen LogP contribution in [0.3, 0.4) is 0 Å². The fraction of sp³-hybridized carbons (Fsp3) is 0.333. The minimum Gasteiger partial charge on any atom is -0.341 e. The lowest BCUT2D eigenvalue weighted by Gasteiger charge is -2.39. The number of fused-ring (bicyclic) bond motifs is 6. The molecule has 2 aromatic heterocycles. The predicted octanol–water partition coefficient (Wildman–Crippen LogP) is 11.2. The minimum atomic E-state index is -4.45. The topological polar surface area (TPSA) is 9.86 Å². The second-order valence-corrected chi connectivity index (χ2v) is 12.1. The maximum Gasteiger partial charge on any atom is 0.416 e. The van der Waals surface area contributed by atoms with Crippen LogP contribution >= 0.6 is 0 Å². The first-order valence-electron chi connectivity index (χ1n) is 15.2. The van der Waals surface area contributed by atoms with Crippen LogP contribution < -0.4 is 0 Å². The Kier molecular flexibility index (Phi) is 6.58. The third-order valence-corrected chi connectivity index (χ3v) is 9.83. The monoisotopic (exact) mass is 606 g/mol. The summed E-state index contributed by atoms with van der Waals surface area (Å²) in [6.07, 6.45) is -4.14. The summed E-state index contributed by atoms with van der Waals surface area (Å²) >= 11 is 0. The van der Waals surface area contributed by atoms with E-state index in [9.17, 15) is 26.3 Å². The highest BCUT2D eigenvalue weighted by molar-refractivity contribution is 6.10. The van der Waals surface area contributed by atoms with Gasteiger partial charge in [-0.25, -0.2) is 0 Å². The second kappa shape index (κ2) is 10.0. The van der Waals surface area contributed by atoms with E-state index in [2.05, 4.69) is 24.3 Å². The molecule has 6 aromatic rings. The molecular weight excluding hydrogens is 574 g/mol. The summed E-state index contributed by atoms with van der Waals surface area (Å²) in [7, 11) is 0. The molecule has 1 aliphatic carbocycles. The zero-order valence-electron chi connectivity index (χ0n) is 24.5. The Morgan fingerprint density at radius 3 is 1.25 bits per heavy atom. The molecule has 2 nitrogen and oxygen atoms in total. The summed E-state index contributed by atoms with van der Waals surface area (Å²) in [4.78, 5) is 0. The minimum absolute atomic E-state index is 0.412. The fourth-order valence-corrected chi connectivity index (χ4v) is 7.74. The number of alkyl halides is 6. The molecule has 0 aliphatic heterocycles. The summed E-state index contributed by atoms with van der Waals surface area (Å²) in [5.41, 5.74) is 3.61. The molecule has 0 saturated heterocycles. The van der Waals surface area contributed by atoms with Crippen molar-refractivity contribution in [2.75, 3.05) is 0 Å². The second-order valence-electron chi connectivity index (χ2n) is 12.1. The largest absolute Gasteiger partial charge is 0.416 e. The van der Waals surface area contributed by atoms with E-state index in [0.29, 0.717) is 23.9 Å². The van der Waals surface area contributed by atoms with Gasteiger partial charge >= 0.3 is 12.4 Å². The van der Waals surface area contributed by atoms with Crippen LogP contribution in [0.25, 0.3) is 43.6 Å². The Bertz CT molecular complexity index is 1910. The van der Waals surface area contributed by atoms with Gasteiger partial charge in [0.2, 0.25) is 0 Å². The van der Waals surface area contributed by atoms with Crippen LogP contribution in [-0.4, -0.2) is 9.13 Å². The number of aryl methyl sites for hydroxylation is 2. The molecule has 8 heteroatoms. The molecule has 0 unspecified atom stereocenters. The molecule has 1 fully saturated rings. The van der Waals surface area contributed by atoms with Gasteiger partial charge in [0, 0.05) is 62.1 Å². The highest BCUT2D eigenvalue weighted by Gasteiger charge is 2.37. The van der Waals surface area contributed by atoms with Gasteiger partial charge in [0.25, 0.3) is 0 Å². The molecule has 44 heavy (non-hydrogen) atoms. The molecule has 0 N–H and O–H groups in total. The molecule has 0 radical (unpaired) electrons. The van der Waals surface area contributed by atoms with Crippen molar-refractivity contribution in [2.24, 2.45) is 0 Å². The number of benzene rings is 4.